The molecular weight excluding hydrogens is 179 g/mol. The predicted octanol–water partition coefficient (Wildman–Crippen LogP) is 1.82. The molecule has 0 saturated heterocycles. The Morgan fingerprint density at radius 1 is 1.29 bits per heavy atom. The molecule has 2 atom stereocenters. The fourth-order valence-electron chi connectivity index (χ4n) is 1.34. The lowest BCUT2D eigenvalue weighted by Gasteiger charge is -2.18. The summed E-state index contributed by atoms with van der Waals surface area (Å²) < 4.78 is 12.6. The zero-order chi connectivity index (χ0) is 10.6. The minimum Gasteiger partial charge on any atom is -0.329 e. The Kier molecular flexibility index (Phi) is 4.04. The van der Waals surface area contributed by atoms with E-state index in [1.54, 1.807) is 12.1 Å². The highest BCUT2D eigenvalue weighted by atomic mass is 19.1. The molecule has 1 aromatic rings. The normalized spacial score (nSPS) is 15.1. The van der Waals surface area contributed by atoms with Gasteiger partial charge in [-0.05, 0) is 31.5 Å². The van der Waals surface area contributed by atoms with Crippen LogP contribution in [0.5, 0.6) is 0 Å². The second-order valence-corrected chi connectivity index (χ2v) is 3.58. The van der Waals surface area contributed by atoms with Gasteiger partial charge >= 0.3 is 0 Å². The molecule has 0 bridgehead atoms. The topological polar surface area (TPSA) is 38.0 Å². The quantitative estimate of drug-likeness (QED) is 0.771. The first-order chi connectivity index (χ1) is 6.63. The van der Waals surface area contributed by atoms with Crippen molar-refractivity contribution in [2.75, 3.05) is 6.54 Å². The van der Waals surface area contributed by atoms with Crippen molar-refractivity contribution in [1.82, 2.24) is 5.32 Å². The molecule has 0 fully saturated rings. The smallest absolute Gasteiger partial charge is 0.123 e. The maximum atomic E-state index is 12.6. The van der Waals surface area contributed by atoms with E-state index in [0.29, 0.717) is 6.54 Å². The minimum atomic E-state index is -0.201. The van der Waals surface area contributed by atoms with Crippen LogP contribution in [0.3, 0.4) is 0 Å². The maximum Gasteiger partial charge on any atom is 0.123 e. The van der Waals surface area contributed by atoms with E-state index < -0.39 is 0 Å². The molecule has 2 nitrogen and oxygen atoms in total. The Labute approximate surface area is 84.3 Å². The average molecular weight is 196 g/mol. The number of nitrogens with two attached hydrogens (primary N) is 1. The molecule has 1 rings (SSSR count). The third-order valence-electron chi connectivity index (χ3n) is 2.26. The van der Waals surface area contributed by atoms with Crippen molar-refractivity contribution in [2.24, 2.45) is 5.73 Å². The summed E-state index contributed by atoms with van der Waals surface area (Å²) >= 11 is 0. The Bertz CT molecular complexity index is 271. The van der Waals surface area contributed by atoms with E-state index in [-0.39, 0.29) is 17.9 Å². The van der Waals surface area contributed by atoms with E-state index in [2.05, 4.69) is 5.32 Å². The first-order valence-corrected chi connectivity index (χ1v) is 4.85. The second kappa shape index (κ2) is 5.08. The molecule has 1 aromatic carbocycles. The lowest BCUT2D eigenvalue weighted by atomic mass is 10.1. The summed E-state index contributed by atoms with van der Waals surface area (Å²) in [4.78, 5) is 0. The van der Waals surface area contributed by atoms with Crippen LogP contribution in [0, 0.1) is 5.82 Å². The third-order valence-corrected chi connectivity index (χ3v) is 2.26. The molecule has 0 radical (unpaired) electrons. The lowest BCUT2D eigenvalue weighted by Crippen LogP contribution is -2.34. The zero-order valence-electron chi connectivity index (χ0n) is 8.63. The highest BCUT2D eigenvalue weighted by Crippen LogP contribution is 2.13. The van der Waals surface area contributed by atoms with E-state index in [0.717, 1.165) is 5.56 Å². The van der Waals surface area contributed by atoms with Gasteiger partial charge in [0.25, 0.3) is 0 Å². The summed E-state index contributed by atoms with van der Waals surface area (Å²) in [5, 5.41) is 3.32. The van der Waals surface area contributed by atoms with Crippen LogP contribution in [-0.4, -0.2) is 12.6 Å². The van der Waals surface area contributed by atoms with Gasteiger partial charge in [0.1, 0.15) is 5.82 Å². The fourth-order valence-corrected chi connectivity index (χ4v) is 1.34. The molecule has 0 aliphatic rings. The zero-order valence-corrected chi connectivity index (χ0v) is 8.63. The van der Waals surface area contributed by atoms with Crippen LogP contribution >= 0.6 is 0 Å². The molecule has 0 heterocycles. The Morgan fingerprint density at radius 3 is 2.36 bits per heavy atom. The van der Waals surface area contributed by atoms with Crippen molar-refractivity contribution in [3.05, 3.63) is 35.6 Å². The van der Waals surface area contributed by atoms with Crippen LogP contribution in [0.15, 0.2) is 24.3 Å². The number of hydrogen-bond donors (Lipinski definition) is 2. The molecule has 0 amide bonds. The van der Waals surface area contributed by atoms with Gasteiger partial charge in [0.15, 0.2) is 0 Å². The third kappa shape index (κ3) is 3.09. The van der Waals surface area contributed by atoms with Crippen molar-refractivity contribution in [1.29, 1.82) is 0 Å². The number of rotatable bonds is 4. The van der Waals surface area contributed by atoms with Gasteiger partial charge in [0.2, 0.25) is 0 Å². The molecule has 0 spiro atoms. The van der Waals surface area contributed by atoms with Gasteiger partial charge in [-0.15, -0.1) is 0 Å². The summed E-state index contributed by atoms with van der Waals surface area (Å²) in [7, 11) is 0. The number of benzene rings is 1. The van der Waals surface area contributed by atoms with Crippen LogP contribution in [-0.2, 0) is 0 Å². The summed E-state index contributed by atoms with van der Waals surface area (Å²) in [6, 6.07) is 7.00. The average Bonchev–Trinajstić information content (AvgIpc) is 2.18. The molecule has 14 heavy (non-hydrogen) atoms. The van der Waals surface area contributed by atoms with Crippen LogP contribution in [0.25, 0.3) is 0 Å². The van der Waals surface area contributed by atoms with Crippen LogP contribution in [0.4, 0.5) is 4.39 Å². The monoisotopic (exact) mass is 196 g/mol. The van der Waals surface area contributed by atoms with Crippen molar-refractivity contribution in [3.8, 4) is 0 Å². The van der Waals surface area contributed by atoms with Crippen molar-refractivity contribution in [3.63, 3.8) is 0 Å². The maximum absolute atomic E-state index is 12.6. The molecule has 2 unspecified atom stereocenters. The fraction of sp³-hybridized carbons (Fsp3) is 0.455. The molecule has 3 N–H and O–H groups in total. The number of hydrogen-bond acceptors (Lipinski definition) is 2. The van der Waals surface area contributed by atoms with E-state index in [4.69, 9.17) is 5.73 Å². The van der Waals surface area contributed by atoms with Crippen molar-refractivity contribution >= 4 is 0 Å². The second-order valence-electron chi connectivity index (χ2n) is 3.58. The molecule has 0 aliphatic carbocycles. The molecule has 78 valence electrons. The summed E-state index contributed by atoms with van der Waals surface area (Å²) in [6.07, 6.45) is 0. The molecule has 3 heteroatoms. The van der Waals surface area contributed by atoms with Crippen LogP contribution < -0.4 is 11.1 Å². The first-order valence-electron chi connectivity index (χ1n) is 4.85. The molecule has 0 saturated carbocycles. The summed E-state index contributed by atoms with van der Waals surface area (Å²) in [6.45, 7) is 4.67. The van der Waals surface area contributed by atoms with Gasteiger partial charge in [-0.3, -0.25) is 0 Å². The molecule has 0 aromatic heterocycles. The summed E-state index contributed by atoms with van der Waals surface area (Å²) in [5.41, 5.74) is 6.58. The van der Waals surface area contributed by atoms with Gasteiger partial charge in [-0.25, -0.2) is 4.39 Å². The van der Waals surface area contributed by atoms with Gasteiger partial charge in [-0.2, -0.15) is 0 Å². The lowest BCUT2D eigenvalue weighted by molar-refractivity contribution is 0.485. The number of halogens is 1. The SMILES string of the molecule is CC(CN)NC(C)c1ccc(F)cc1. The van der Waals surface area contributed by atoms with E-state index in [1.807, 2.05) is 13.8 Å². The Balaban J connectivity index is 2.60. The van der Waals surface area contributed by atoms with Crippen molar-refractivity contribution in [2.45, 2.75) is 25.9 Å². The first kappa shape index (κ1) is 11.1. The molecule has 0 aliphatic heterocycles. The highest BCUT2D eigenvalue weighted by Gasteiger charge is 2.07. The van der Waals surface area contributed by atoms with Gasteiger partial charge < -0.3 is 11.1 Å². The summed E-state index contributed by atoms with van der Waals surface area (Å²) in [5.74, 6) is -0.201. The highest BCUT2D eigenvalue weighted by molar-refractivity contribution is 5.19. The predicted molar refractivity (Wildman–Crippen MR) is 56.5 cm³/mol. The van der Waals surface area contributed by atoms with E-state index in [1.165, 1.54) is 12.1 Å². The van der Waals surface area contributed by atoms with E-state index >= 15 is 0 Å². The minimum absolute atomic E-state index is 0.201. The van der Waals surface area contributed by atoms with Gasteiger partial charge in [-0.1, -0.05) is 12.1 Å². The van der Waals surface area contributed by atoms with Gasteiger partial charge in [0, 0.05) is 18.6 Å². The van der Waals surface area contributed by atoms with Gasteiger partial charge in [0.05, 0.1) is 0 Å². The Hall–Kier alpha value is -0.930. The standard InChI is InChI=1S/C11H17FN2/c1-8(7-13)14-9(2)10-3-5-11(12)6-4-10/h3-6,8-9,14H,7,13H2,1-2H3. The number of nitrogens with one attached hydrogen (secondary N) is 1. The molecular formula is C11H17FN2. The van der Waals surface area contributed by atoms with Crippen molar-refractivity contribution < 1.29 is 4.39 Å². The largest absolute Gasteiger partial charge is 0.329 e. The van der Waals surface area contributed by atoms with Crippen LogP contribution in [0.1, 0.15) is 25.5 Å². The van der Waals surface area contributed by atoms with Crippen LogP contribution in [0.2, 0.25) is 0 Å². The Morgan fingerprint density at radius 2 is 1.86 bits per heavy atom. The van der Waals surface area contributed by atoms with E-state index in [9.17, 15) is 4.39 Å².